The van der Waals surface area contributed by atoms with Crippen LogP contribution in [0.15, 0.2) is 48.5 Å². The molecular formula is C23H29ClN2O3. The van der Waals surface area contributed by atoms with Crippen LogP contribution in [0.25, 0.3) is 0 Å². The molecule has 0 spiro atoms. The third-order valence-electron chi connectivity index (χ3n) is 4.31. The van der Waals surface area contributed by atoms with Gasteiger partial charge in [-0.15, -0.1) is 0 Å². The summed E-state index contributed by atoms with van der Waals surface area (Å²) >= 11 is 5.88. The summed E-state index contributed by atoms with van der Waals surface area (Å²) in [5.74, 6) is 0.0753. The van der Waals surface area contributed by atoms with E-state index in [0.29, 0.717) is 17.3 Å². The molecule has 5 nitrogen and oxygen atoms in total. The van der Waals surface area contributed by atoms with Crippen LogP contribution in [-0.2, 0) is 16.1 Å². The van der Waals surface area contributed by atoms with Gasteiger partial charge in [0.2, 0.25) is 5.91 Å². The first-order valence-corrected chi connectivity index (χ1v) is 9.98. The van der Waals surface area contributed by atoms with Crippen molar-refractivity contribution in [3.8, 4) is 5.75 Å². The molecule has 2 aromatic rings. The number of nitrogens with zero attached hydrogens (tertiary/aromatic N) is 1. The van der Waals surface area contributed by atoms with Crippen molar-refractivity contribution in [3.63, 3.8) is 0 Å². The minimum atomic E-state index is -0.642. The fraction of sp³-hybridized carbons (Fsp3) is 0.391. The molecule has 0 saturated carbocycles. The number of carbonyl (C=O) groups excluding carboxylic acids is 2. The Morgan fingerprint density at radius 1 is 1.07 bits per heavy atom. The van der Waals surface area contributed by atoms with E-state index in [1.807, 2.05) is 52.0 Å². The molecule has 0 heterocycles. The van der Waals surface area contributed by atoms with E-state index in [2.05, 4.69) is 5.32 Å². The highest BCUT2D eigenvalue weighted by atomic mass is 35.5. The third-order valence-corrected chi connectivity index (χ3v) is 4.57. The molecule has 0 radical (unpaired) electrons. The van der Waals surface area contributed by atoms with Gasteiger partial charge >= 0.3 is 0 Å². The van der Waals surface area contributed by atoms with Gasteiger partial charge in [0.05, 0.1) is 0 Å². The lowest BCUT2D eigenvalue weighted by molar-refractivity contribution is -0.142. The van der Waals surface area contributed by atoms with E-state index >= 15 is 0 Å². The lowest BCUT2D eigenvalue weighted by Crippen LogP contribution is -2.53. The molecule has 6 heteroatoms. The number of hydrogen-bond donors (Lipinski definition) is 1. The molecule has 0 aliphatic rings. The van der Waals surface area contributed by atoms with Crippen LogP contribution >= 0.6 is 11.6 Å². The molecule has 0 aromatic heterocycles. The Kier molecular flexibility index (Phi) is 7.68. The van der Waals surface area contributed by atoms with Crippen molar-refractivity contribution in [2.45, 2.75) is 52.7 Å². The van der Waals surface area contributed by atoms with Crippen LogP contribution in [0.1, 0.15) is 38.8 Å². The number of ether oxygens (including phenoxy) is 1. The lowest BCUT2D eigenvalue weighted by Gasteiger charge is -2.31. The molecule has 0 saturated heterocycles. The second-order valence-electron chi connectivity index (χ2n) is 8.17. The average molecular weight is 417 g/mol. The van der Waals surface area contributed by atoms with E-state index in [9.17, 15) is 9.59 Å². The molecule has 0 aliphatic carbocycles. The largest absolute Gasteiger partial charge is 0.484 e. The maximum atomic E-state index is 13.0. The Morgan fingerprint density at radius 3 is 2.21 bits per heavy atom. The van der Waals surface area contributed by atoms with Crippen molar-refractivity contribution in [1.29, 1.82) is 0 Å². The molecule has 0 unspecified atom stereocenters. The second kappa shape index (κ2) is 9.79. The zero-order valence-corrected chi connectivity index (χ0v) is 18.4. The van der Waals surface area contributed by atoms with Crippen molar-refractivity contribution in [1.82, 2.24) is 10.2 Å². The van der Waals surface area contributed by atoms with Crippen LogP contribution in [0.2, 0.25) is 5.02 Å². The Labute approximate surface area is 178 Å². The first kappa shape index (κ1) is 22.8. The number of benzene rings is 2. The molecule has 29 heavy (non-hydrogen) atoms. The van der Waals surface area contributed by atoms with Gasteiger partial charge in [-0.2, -0.15) is 0 Å². The summed E-state index contributed by atoms with van der Waals surface area (Å²) in [6, 6.07) is 14.1. The van der Waals surface area contributed by atoms with Gasteiger partial charge in [0.1, 0.15) is 11.8 Å². The monoisotopic (exact) mass is 416 g/mol. The summed E-state index contributed by atoms with van der Waals surface area (Å²) < 4.78 is 5.61. The Bertz CT molecular complexity index is 827. The molecule has 1 N–H and O–H groups in total. The minimum Gasteiger partial charge on any atom is -0.484 e. The average Bonchev–Trinajstić information content (AvgIpc) is 2.65. The normalized spacial score (nSPS) is 12.2. The van der Waals surface area contributed by atoms with E-state index in [1.54, 1.807) is 36.1 Å². The predicted molar refractivity (Wildman–Crippen MR) is 116 cm³/mol. The summed E-state index contributed by atoms with van der Waals surface area (Å²) in [6.45, 7) is 9.62. The van der Waals surface area contributed by atoms with Gasteiger partial charge in [0.15, 0.2) is 6.61 Å². The van der Waals surface area contributed by atoms with Gasteiger partial charge in [-0.3, -0.25) is 9.59 Å². The van der Waals surface area contributed by atoms with Crippen LogP contribution in [0.5, 0.6) is 5.75 Å². The van der Waals surface area contributed by atoms with E-state index in [0.717, 1.165) is 11.1 Å². The zero-order valence-electron chi connectivity index (χ0n) is 17.7. The summed E-state index contributed by atoms with van der Waals surface area (Å²) in [4.78, 5) is 27.2. The Balaban J connectivity index is 2.15. The molecular weight excluding hydrogens is 388 g/mol. The number of aryl methyl sites for hydroxylation is 1. The summed E-state index contributed by atoms with van der Waals surface area (Å²) in [6.07, 6.45) is 0. The number of hydrogen-bond acceptors (Lipinski definition) is 3. The number of amides is 2. The van der Waals surface area contributed by atoms with Gasteiger partial charge in [-0.25, -0.2) is 0 Å². The van der Waals surface area contributed by atoms with Crippen molar-refractivity contribution in [2.24, 2.45) is 0 Å². The minimum absolute atomic E-state index is 0.166. The van der Waals surface area contributed by atoms with Gasteiger partial charge in [-0.1, -0.05) is 41.4 Å². The van der Waals surface area contributed by atoms with Crippen molar-refractivity contribution in [3.05, 3.63) is 64.7 Å². The number of rotatable bonds is 7. The van der Waals surface area contributed by atoms with E-state index in [-0.39, 0.29) is 24.0 Å². The SMILES string of the molecule is Cc1ccc(CN(C(=O)COc2ccc(Cl)cc2)[C@@H](C)C(=O)NC(C)(C)C)cc1. The van der Waals surface area contributed by atoms with Gasteiger partial charge in [-0.05, 0) is 64.4 Å². The molecule has 156 valence electrons. The van der Waals surface area contributed by atoms with Crippen LogP contribution in [0.4, 0.5) is 0 Å². The molecule has 0 fully saturated rings. The number of carbonyl (C=O) groups is 2. The van der Waals surface area contributed by atoms with Crippen molar-refractivity contribution in [2.75, 3.05) is 6.61 Å². The zero-order chi connectivity index (χ0) is 21.6. The van der Waals surface area contributed by atoms with E-state index < -0.39 is 6.04 Å². The first-order chi connectivity index (χ1) is 13.5. The Hall–Kier alpha value is -2.53. The molecule has 2 rings (SSSR count). The highest BCUT2D eigenvalue weighted by molar-refractivity contribution is 6.30. The molecule has 2 amide bonds. The van der Waals surface area contributed by atoms with Gasteiger partial charge < -0.3 is 15.0 Å². The smallest absolute Gasteiger partial charge is 0.261 e. The van der Waals surface area contributed by atoms with E-state index in [1.165, 1.54) is 0 Å². The first-order valence-electron chi connectivity index (χ1n) is 9.60. The highest BCUT2D eigenvalue weighted by Crippen LogP contribution is 2.17. The fourth-order valence-corrected chi connectivity index (χ4v) is 2.83. The summed E-state index contributed by atoms with van der Waals surface area (Å²) in [5.41, 5.74) is 1.70. The molecule has 2 aromatic carbocycles. The van der Waals surface area contributed by atoms with Crippen molar-refractivity contribution >= 4 is 23.4 Å². The predicted octanol–water partition coefficient (Wildman–Crippen LogP) is 4.36. The molecule has 0 aliphatic heterocycles. The molecule has 1 atom stereocenters. The van der Waals surface area contributed by atoms with Crippen molar-refractivity contribution < 1.29 is 14.3 Å². The maximum absolute atomic E-state index is 13.0. The van der Waals surface area contributed by atoms with Crippen LogP contribution < -0.4 is 10.1 Å². The number of nitrogens with one attached hydrogen (secondary N) is 1. The van der Waals surface area contributed by atoms with Crippen LogP contribution in [0, 0.1) is 6.92 Å². The van der Waals surface area contributed by atoms with Crippen LogP contribution in [-0.4, -0.2) is 34.9 Å². The summed E-state index contributed by atoms with van der Waals surface area (Å²) in [7, 11) is 0. The Morgan fingerprint density at radius 2 is 1.66 bits per heavy atom. The highest BCUT2D eigenvalue weighted by Gasteiger charge is 2.28. The van der Waals surface area contributed by atoms with Gasteiger partial charge in [0.25, 0.3) is 5.91 Å². The van der Waals surface area contributed by atoms with Crippen LogP contribution in [0.3, 0.4) is 0 Å². The maximum Gasteiger partial charge on any atom is 0.261 e. The van der Waals surface area contributed by atoms with Gasteiger partial charge in [0, 0.05) is 17.1 Å². The quantitative estimate of drug-likeness (QED) is 0.729. The lowest BCUT2D eigenvalue weighted by atomic mass is 10.1. The summed E-state index contributed by atoms with van der Waals surface area (Å²) in [5, 5.41) is 3.54. The number of halogens is 1. The third kappa shape index (κ3) is 7.42. The second-order valence-corrected chi connectivity index (χ2v) is 8.60. The topological polar surface area (TPSA) is 58.6 Å². The fourth-order valence-electron chi connectivity index (χ4n) is 2.71. The molecule has 0 bridgehead atoms. The van der Waals surface area contributed by atoms with E-state index in [4.69, 9.17) is 16.3 Å². The standard InChI is InChI=1S/C23H29ClN2O3/c1-16-6-8-18(9-7-16)14-26(17(2)22(28)25-23(3,4)5)21(27)15-29-20-12-10-19(24)11-13-20/h6-13,17H,14-15H2,1-5H3,(H,25,28)/t17-/m0/s1.